The van der Waals surface area contributed by atoms with Gasteiger partial charge in [-0.1, -0.05) is 31.5 Å². The lowest BCUT2D eigenvalue weighted by molar-refractivity contribution is 0.0305. The van der Waals surface area contributed by atoms with Gasteiger partial charge in [-0.05, 0) is 30.5 Å². The van der Waals surface area contributed by atoms with Crippen LogP contribution in [0.5, 0.6) is 0 Å². The first-order valence-corrected chi connectivity index (χ1v) is 7.92. The van der Waals surface area contributed by atoms with Crippen LogP contribution in [0.3, 0.4) is 0 Å². The van der Waals surface area contributed by atoms with Crippen LogP contribution in [0.15, 0.2) is 18.2 Å². The molecule has 2 aliphatic rings. The van der Waals surface area contributed by atoms with E-state index in [-0.39, 0.29) is 0 Å². The normalized spacial score (nSPS) is 25.5. The van der Waals surface area contributed by atoms with Gasteiger partial charge >= 0.3 is 0 Å². The molecule has 0 spiro atoms. The molecule has 110 valence electrons. The minimum atomic E-state index is 0.395. The maximum absolute atomic E-state index is 6.48. The van der Waals surface area contributed by atoms with Gasteiger partial charge in [0, 0.05) is 25.7 Å². The van der Waals surface area contributed by atoms with E-state index in [1.165, 1.54) is 18.4 Å². The standard InChI is InChI=1S/C16H23ClN2O/c1-11(2)18-8-12-3-6-16(15(17)7-12)19-9-13-4-5-14(10-19)20-13/h3,6-7,11,13-14,18H,4-5,8-10H2,1-2H3. The summed E-state index contributed by atoms with van der Waals surface area (Å²) in [6, 6.07) is 6.91. The van der Waals surface area contributed by atoms with E-state index < -0.39 is 0 Å². The quantitative estimate of drug-likeness (QED) is 0.923. The van der Waals surface area contributed by atoms with Gasteiger partial charge in [0.05, 0.1) is 22.9 Å². The second-order valence-electron chi connectivity index (χ2n) is 6.18. The van der Waals surface area contributed by atoms with Crippen molar-refractivity contribution in [3.05, 3.63) is 28.8 Å². The maximum Gasteiger partial charge on any atom is 0.0755 e. The Hall–Kier alpha value is -0.770. The number of morpholine rings is 1. The second kappa shape index (κ2) is 5.92. The van der Waals surface area contributed by atoms with Crippen molar-refractivity contribution in [1.29, 1.82) is 0 Å². The molecule has 3 rings (SSSR count). The highest BCUT2D eigenvalue weighted by atomic mass is 35.5. The molecular formula is C16H23ClN2O. The fourth-order valence-electron chi connectivity index (χ4n) is 3.05. The van der Waals surface area contributed by atoms with Crippen LogP contribution in [0.2, 0.25) is 5.02 Å². The second-order valence-corrected chi connectivity index (χ2v) is 6.59. The van der Waals surface area contributed by atoms with Gasteiger partial charge in [0.15, 0.2) is 0 Å². The number of fused-ring (bicyclic) bond motifs is 2. The molecule has 0 aromatic heterocycles. The summed E-state index contributed by atoms with van der Waals surface area (Å²) >= 11 is 6.48. The van der Waals surface area contributed by atoms with Crippen molar-refractivity contribution in [3.63, 3.8) is 0 Å². The summed E-state index contributed by atoms with van der Waals surface area (Å²) in [5, 5.41) is 4.28. The molecule has 2 atom stereocenters. The van der Waals surface area contributed by atoms with Gasteiger partial charge in [-0.15, -0.1) is 0 Å². The molecule has 2 aliphatic heterocycles. The molecule has 2 fully saturated rings. The smallest absolute Gasteiger partial charge is 0.0755 e. The number of hydrogen-bond donors (Lipinski definition) is 1. The van der Waals surface area contributed by atoms with E-state index in [4.69, 9.17) is 16.3 Å². The summed E-state index contributed by atoms with van der Waals surface area (Å²) in [5.74, 6) is 0. The average molecular weight is 295 g/mol. The van der Waals surface area contributed by atoms with Crippen LogP contribution in [0, 0.1) is 0 Å². The third-order valence-electron chi connectivity index (χ3n) is 4.11. The summed E-state index contributed by atoms with van der Waals surface area (Å²) in [7, 11) is 0. The minimum Gasteiger partial charge on any atom is -0.371 e. The highest BCUT2D eigenvalue weighted by Crippen LogP contribution is 2.33. The minimum absolute atomic E-state index is 0.395. The highest BCUT2D eigenvalue weighted by molar-refractivity contribution is 6.33. The van der Waals surface area contributed by atoms with Crippen LogP contribution in [0.25, 0.3) is 0 Å². The van der Waals surface area contributed by atoms with Crippen LogP contribution < -0.4 is 10.2 Å². The zero-order chi connectivity index (χ0) is 14.1. The Kier molecular flexibility index (Phi) is 4.20. The molecule has 2 unspecified atom stereocenters. The molecule has 0 aliphatic carbocycles. The van der Waals surface area contributed by atoms with Crippen LogP contribution in [0.1, 0.15) is 32.3 Å². The Morgan fingerprint density at radius 2 is 2.00 bits per heavy atom. The Balaban J connectivity index is 1.71. The number of benzene rings is 1. The fraction of sp³-hybridized carbons (Fsp3) is 0.625. The molecule has 0 amide bonds. The van der Waals surface area contributed by atoms with Gasteiger partial charge in [-0.3, -0.25) is 0 Å². The van der Waals surface area contributed by atoms with Gasteiger partial charge in [0.2, 0.25) is 0 Å². The lowest BCUT2D eigenvalue weighted by Crippen LogP contribution is -2.42. The number of nitrogens with zero attached hydrogens (tertiary/aromatic N) is 1. The number of anilines is 1. The topological polar surface area (TPSA) is 24.5 Å². The molecule has 0 saturated carbocycles. The summed E-state index contributed by atoms with van der Waals surface area (Å²) in [4.78, 5) is 2.38. The third-order valence-corrected chi connectivity index (χ3v) is 4.41. The number of rotatable bonds is 4. The Labute approximate surface area is 126 Å². The molecule has 1 aromatic rings. The van der Waals surface area contributed by atoms with E-state index in [1.807, 2.05) is 0 Å². The third kappa shape index (κ3) is 3.11. The average Bonchev–Trinajstić information content (AvgIpc) is 2.75. The van der Waals surface area contributed by atoms with Gasteiger partial charge in [-0.25, -0.2) is 0 Å². The van der Waals surface area contributed by atoms with Gasteiger partial charge in [0.25, 0.3) is 0 Å². The molecule has 2 bridgehead atoms. The van der Waals surface area contributed by atoms with Crippen molar-refractivity contribution in [3.8, 4) is 0 Å². The summed E-state index contributed by atoms with van der Waals surface area (Å²) < 4.78 is 5.88. The lowest BCUT2D eigenvalue weighted by atomic mass is 10.1. The van der Waals surface area contributed by atoms with Crippen LogP contribution in [-0.2, 0) is 11.3 Å². The van der Waals surface area contributed by atoms with E-state index >= 15 is 0 Å². The number of nitrogens with one attached hydrogen (secondary N) is 1. The number of hydrogen-bond acceptors (Lipinski definition) is 3. The van der Waals surface area contributed by atoms with Gasteiger partial charge in [-0.2, -0.15) is 0 Å². The van der Waals surface area contributed by atoms with E-state index in [9.17, 15) is 0 Å². The Morgan fingerprint density at radius 1 is 1.30 bits per heavy atom. The zero-order valence-corrected chi connectivity index (χ0v) is 13.0. The molecule has 3 nitrogen and oxygen atoms in total. The van der Waals surface area contributed by atoms with E-state index in [0.717, 1.165) is 30.3 Å². The molecule has 4 heteroatoms. The first kappa shape index (κ1) is 14.2. The number of ether oxygens (including phenoxy) is 1. The van der Waals surface area contributed by atoms with Crippen LogP contribution >= 0.6 is 11.6 Å². The van der Waals surface area contributed by atoms with Crippen molar-refractivity contribution < 1.29 is 4.74 Å². The molecule has 1 N–H and O–H groups in total. The summed E-state index contributed by atoms with van der Waals surface area (Å²) in [6.07, 6.45) is 3.17. The van der Waals surface area contributed by atoms with Crippen molar-refractivity contribution >= 4 is 17.3 Å². The zero-order valence-electron chi connectivity index (χ0n) is 12.2. The van der Waals surface area contributed by atoms with Crippen LogP contribution in [0.4, 0.5) is 5.69 Å². The van der Waals surface area contributed by atoms with Crippen molar-refractivity contribution in [1.82, 2.24) is 5.32 Å². The molecular weight excluding hydrogens is 272 g/mol. The summed E-state index contributed by atoms with van der Waals surface area (Å²) in [5.41, 5.74) is 2.39. The van der Waals surface area contributed by atoms with Crippen molar-refractivity contribution in [2.75, 3.05) is 18.0 Å². The maximum atomic E-state index is 6.48. The number of halogens is 1. The van der Waals surface area contributed by atoms with E-state index in [1.54, 1.807) is 0 Å². The van der Waals surface area contributed by atoms with Crippen LogP contribution in [-0.4, -0.2) is 31.3 Å². The van der Waals surface area contributed by atoms with Crippen molar-refractivity contribution in [2.24, 2.45) is 0 Å². The van der Waals surface area contributed by atoms with Crippen molar-refractivity contribution in [2.45, 2.75) is 51.5 Å². The SMILES string of the molecule is CC(C)NCc1ccc(N2CC3CCC(C2)O3)c(Cl)c1. The van der Waals surface area contributed by atoms with Gasteiger partial charge < -0.3 is 15.0 Å². The first-order chi connectivity index (χ1) is 9.61. The lowest BCUT2D eigenvalue weighted by Gasteiger charge is -2.34. The Bertz CT molecular complexity index is 466. The molecule has 1 aromatic carbocycles. The monoisotopic (exact) mass is 294 g/mol. The Morgan fingerprint density at radius 3 is 2.60 bits per heavy atom. The molecule has 0 radical (unpaired) electrons. The van der Waals surface area contributed by atoms with E-state index in [2.05, 4.69) is 42.3 Å². The first-order valence-electron chi connectivity index (χ1n) is 7.54. The van der Waals surface area contributed by atoms with Gasteiger partial charge in [0.1, 0.15) is 0 Å². The fourth-order valence-corrected chi connectivity index (χ4v) is 3.37. The predicted octanol–water partition coefficient (Wildman–Crippen LogP) is 3.21. The summed E-state index contributed by atoms with van der Waals surface area (Å²) in [6.45, 7) is 7.12. The molecule has 2 saturated heterocycles. The largest absolute Gasteiger partial charge is 0.371 e. The predicted molar refractivity (Wildman–Crippen MR) is 83.5 cm³/mol. The molecule has 20 heavy (non-hydrogen) atoms. The highest BCUT2D eigenvalue weighted by Gasteiger charge is 2.34. The van der Waals surface area contributed by atoms with E-state index in [0.29, 0.717) is 18.2 Å². The molecule has 2 heterocycles.